The van der Waals surface area contributed by atoms with Crippen molar-refractivity contribution in [2.24, 2.45) is 0 Å². The maximum atomic E-state index is 13.8. The second-order valence-electron chi connectivity index (χ2n) is 9.64. The monoisotopic (exact) mass is 467 g/mol. The number of hydrogen-bond acceptors (Lipinski definition) is 3. The molecule has 1 aliphatic carbocycles. The van der Waals surface area contributed by atoms with Gasteiger partial charge in [0, 0.05) is 29.7 Å². The van der Waals surface area contributed by atoms with E-state index in [4.69, 9.17) is 16.0 Å². The van der Waals surface area contributed by atoms with E-state index in [1.54, 1.807) is 11.0 Å². The zero-order chi connectivity index (χ0) is 23.2. The Bertz CT molecular complexity index is 1200. The number of furan rings is 1. The number of carbonyl (C=O) groups excluding carboxylic acids is 2. The summed E-state index contributed by atoms with van der Waals surface area (Å²) < 4.78 is 7.73. The van der Waals surface area contributed by atoms with Crippen LogP contribution in [0.2, 0.25) is 5.02 Å². The van der Waals surface area contributed by atoms with Crippen molar-refractivity contribution in [2.75, 3.05) is 0 Å². The van der Waals surface area contributed by atoms with Gasteiger partial charge < -0.3 is 19.2 Å². The lowest BCUT2D eigenvalue weighted by Gasteiger charge is -2.44. The van der Waals surface area contributed by atoms with Gasteiger partial charge in [0.05, 0.1) is 12.1 Å². The summed E-state index contributed by atoms with van der Waals surface area (Å²) in [5.74, 6) is 0.483. The molecule has 1 fully saturated rings. The van der Waals surface area contributed by atoms with Crippen LogP contribution >= 0.6 is 11.6 Å². The molecule has 2 aromatic heterocycles. The molecule has 0 unspecified atom stereocenters. The first kappa shape index (κ1) is 22.1. The van der Waals surface area contributed by atoms with Crippen LogP contribution in [0.25, 0.3) is 11.1 Å². The van der Waals surface area contributed by atoms with Gasteiger partial charge in [0.2, 0.25) is 5.91 Å². The van der Waals surface area contributed by atoms with E-state index >= 15 is 0 Å². The summed E-state index contributed by atoms with van der Waals surface area (Å²) >= 11 is 6.44. The summed E-state index contributed by atoms with van der Waals surface area (Å²) in [7, 11) is 0. The number of nitrogens with one attached hydrogen (secondary N) is 1. The third kappa shape index (κ3) is 3.95. The second kappa shape index (κ2) is 8.56. The van der Waals surface area contributed by atoms with Gasteiger partial charge in [-0.05, 0) is 38.3 Å². The number of halogens is 1. The summed E-state index contributed by atoms with van der Waals surface area (Å²) in [4.78, 5) is 29.3. The molecule has 3 aromatic rings. The van der Waals surface area contributed by atoms with Crippen molar-refractivity contribution in [3.63, 3.8) is 0 Å². The van der Waals surface area contributed by atoms with Crippen LogP contribution < -0.4 is 5.32 Å². The minimum Gasteiger partial charge on any atom is -0.460 e. The van der Waals surface area contributed by atoms with E-state index in [0.29, 0.717) is 22.8 Å². The average molecular weight is 468 g/mol. The third-order valence-electron chi connectivity index (χ3n) is 7.20. The van der Waals surface area contributed by atoms with Crippen LogP contribution in [0.5, 0.6) is 0 Å². The fourth-order valence-electron chi connectivity index (χ4n) is 5.27. The lowest BCUT2D eigenvalue weighted by Crippen LogP contribution is -2.64. The average Bonchev–Trinajstić information content (AvgIpc) is 3.17. The molecule has 6 nitrogen and oxygen atoms in total. The van der Waals surface area contributed by atoms with Crippen LogP contribution in [0.4, 0.5) is 0 Å². The highest BCUT2D eigenvalue weighted by Crippen LogP contribution is 2.35. The van der Waals surface area contributed by atoms with Gasteiger partial charge in [0.25, 0.3) is 5.91 Å². The molecular formula is C26H30ClN3O3. The number of aromatic nitrogens is 1. The first-order chi connectivity index (χ1) is 15.9. The van der Waals surface area contributed by atoms with Crippen LogP contribution in [-0.2, 0) is 17.9 Å². The molecule has 2 aliphatic rings. The van der Waals surface area contributed by atoms with Gasteiger partial charge in [-0.1, -0.05) is 55.5 Å². The molecule has 1 N–H and O–H groups in total. The number of fused-ring (bicyclic) bond motifs is 3. The molecule has 0 saturated heterocycles. The topological polar surface area (TPSA) is 67.5 Å². The number of amides is 2. The van der Waals surface area contributed by atoms with Gasteiger partial charge in [0.15, 0.2) is 5.58 Å². The van der Waals surface area contributed by atoms with Crippen molar-refractivity contribution in [2.45, 2.75) is 77.0 Å². The first-order valence-electron chi connectivity index (χ1n) is 11.8. The quantitative estimate of drug-likeness (QED) is 0.519. The van der Waals surface area contributed by atoms with Gasteiger partial charge in [-0.2, -0.15) is 0 Å². The molecule has 5 rings (SSSR count). The predicted octanol–water partition coefficient (Wildman–Crippen LogP) is 5.45. The predicted molar refractivity (Wildman–Crippen MR) is 128 cm³/mol. The molecule has 33 heavy (non-hydrogen) atoms. The van der Waals surface area contributed by atoms with Crippen LogP contribution in [-0.4, -0.2) is 32.9 Å². The van der Waals surface area contributed by atoms with Crippen molar-refractivity contribution in [1.82, 2.24) is 14.8 Å². The molecule has 7 heteroatoms. The van der Waals surface area contributed by atoms with Crippen LogP contribution in [0, 0.1) is 6.92 Å². The molecule has 2 amide bonds. The number of rotatable bonds is 4. The normalized spacial score (nSPS) is 21.8. The molecular weight excluding hydrogens is 438 g/mol. The molecule has 1 atom stereocenters. The minimum atomic E-state index is -1.06. The van der Waals surface area contributed by atoms with Gasteiger partial charge in [0.1, 0.15) is 17.0 Å². The second-order valence-corrected chi connectivity index (χ2v) is 10.0. The fraction of sp³-hybridized carbons (Fsp3) is 0.462. The highest BCUT2D eigenvalue weighted by Gasteiger charge is 2.48. The largest absolute Gasteiger partial charge is 0.460 e. The van der Waals surface area contributed by atoms with Gasteiger partial charge in [-0.15, -0.1) is 0 Å². The van der Waals surface area contributed by atoms with Crippen LogP contribution in [0.3, 0.4) is 0 Å². The number of aryl methyl sites for hydroxylation is 1. The molecule has 1 aliphatic heterocycles. The number of nitrogens with zero attached hydrogens (tertiary/aromatic N) is 2. The van der Waals surface area contributed by atoms with E-state index in [1.165, 1.54) is 12.8 Å². The summed E-state index contributed by atoms with van der Waals surface area (Å²) in [6, 6.07) is 11.3. The zero-order valence-electron chi connectivity index (χ0n) is 19.2. The summed E-state index contributed by atoms with van der Waals surface area (Å²) in [5.41, 5.74) is 1.81. The Morgan fingerprint density at radius 3 is 2.64 bits per heavy atom. The fourth-order valence-corrected chi connectivity index (χ4v) is 5.47. The highest BCUT2D eigenvalue weighted by molar-refractivity contribution is 6.31. The summed E-state index contributed by atoms with van der Waals surface area (Å²) in [6.45, 7) is 4.38. The van der Waals surface area contributed by atoms with Gasteiger partial charge >= 0.3 is 0 Å². The summed E-state index contributed by atoms with van der Waals surface area (Å²) in [6.07, 6.45) is 6.65. The van der Waals surface area contributed by atoms with Crippen molar-refractivity contribution >= 4 is 34.5 Å². The van der Waals surface area contributed by atoms with Crippen LogP contribution in [0.1, 0.15) is 67.3 Å². The Labute approximate surface area is 198 Å². The Hall–Kier alpha value is -2.73. The Balaban J connectivity index is 1.54. The molecule has 0 bridgehead atoms. The Kier molecular flexibility index (Phi) is 5.73. The lowest BCUT2D eigenvalue weighted by molar-refractivity contribution is -0.134. The molecule has 174 valence electrons. The van der Waals surface area contributed by atoms with Crippen molar-refractivity contribution < 1.29 is 14.0 Å². The smallest absolute Gasteiger partial charge is 0.271 e. The Morgan fingerprint density at radius 2 is 1.91 bits per heavy atom. The van der Waals surface area contributed by atoms with Crippen molar-refractivity contribution in [3.05, 3.63) is 58.4 Å². The third-order valence-corrected chi connectivity index (χ3v) is 7.57. The number of benzene rings is 1. The standard InChI is InChI=1S/C26H30ClN3O3/c1-17-13-21-23(33-17)14-22-24(31)30(15-18-9-7-8-12-20(18)27)26(2,16-29(21)22)25(32)28-19-10-5-3-4-6-11-19/h7-9,12-14,19H,3-6,10-11,15-16H2,1-2H3,(H,28,32)/t26-/m0/s1. The van der Waals surface area contributed by atoms with E-state index in [0.717, 1.165) is 42.5 Å². The lowest BCUT2D eigenvalue weighted by atomic mass is 9.93. The molecule has 0 radical (unpaired) electrons. The Morgan fingerprint density at radius 1 is 1.18 bits per heavy atom. The molecule has 0 spiro atoms. The van der Waals surface area contributed by atoms with E-state index in [-0.39, 0.29) is 24.4 Å². The van der Waals surface area contributed by atoms with Crippen molar-refractivity contribution in [1.29, 1.82) is 0 Å². The zero-order valence-corrected chi connectivity index (χ0v) is 20.0. The van der Waals surface area contributed by atoms with Crippen molar-refractivity contribution in [3.8, 4) is 0 Å². The van der Waals surface area contributed by atoms with Gasteiger partial charge in [-0.3, -0.25) is 9.59 Å². The van der Waals surface area contributed by atoms with E-state index in [2.05, 4.69) is 5.32 Å². The summed E-state index contributed by atoms with van der Waals surface area (Å²) in [5, 5.41) is 3.88. The van der Waals surface area contributed by atoms with Gasteiger partial charge in [-0.25, -0.2) is 0 Å². The highest BCUT2D eigenvalue weighted by atomic mass is 35.5. The molecule has 1 saturated carbocycles. The van der Waals surface area contributed by atoms with Crippen LogP contribution in [0.15, 0.2) is 40.8 Å². The van der Waals surface area contributed by atoms with E-state index in [1.807, 2.05) is 48.7 Å². The molecule has 1 aromatic carbocycles. The minimum absolute atomic E-state index is 0.109. The van der Waals surface area contributed by atoms with E-state index in [9.17, 15) is 9.59 Å². The first-order valence-corrected chi connectivity index (χ1v) is 12.2. The molecule has 3 heterocycles. The SMILES string of the molecule is Cc1cc2c(cc3n2C[C@@](C)(C(=O)NC2CCCCCC2)N(Cc2ccccc2Cl)C3=O)o1. The number of carbonyl (C=O) groups is 2. The maximum absolute atomic E-state index is 13.8. The number of hydrogen-bond donors (Lipinski definition) is 1. The van der Waals surface area contributed by atoms with E-state index < -0.39 is 5.54 Å². The maximum Gasteiger partial charge on any atom is 0.271 e.